The third-order valence-corrected chi connectivity index (χ3v) is 4.92. The second kappa shape index (κ2) is 4.44. The van der Waals surface area contributed by atoms with Gasteiger partial charge in [0, 0.05) is 41.8 Å². The Morgan fingerprint density at radius 2 is 1.09 bits per heavy atom. The molecule has 0 spiro atoms. The van der Waals surface area contributed by atoms with Crippen LogP contribution < -0.4 is 0 Å². The lowest BCUT2D eigenvalue weighted by Crippen LogP contribution is -2.04. The van der Waals surface area contributed by atoms with E-state index in [1.165, 1.54) is 11.1 Å². The maximum absolute atomic E-state index is 4.19. The van der Waals surface area contributed by atoms with Crippen LogP contribution in [0.2, 0.25) is 0 Å². The van der Waals surface area contributed by atoms with E-state index in [1.54, 1.807) is 12.7 Å². The van der Waals surface area contributed by atoms with E-state index in [2.05, 4.69) is 44.2 Å². The summed E-state index contributed by atoms with van der Waals surface area (Å²) in [6, 6.07) is 0. The Morgan fingerprint density at radius 1 is 0.591 bits per heavy atom. The third-order valence-electron chi connectivity index (χ3n) is 4.92. The van der Waals surface area contributed by atoms with E-state index in [1.807, 2.05) is 24.8 Å². The summed E-state index contributed by atoms with van der Waals surface area (Å²) in [7, 11) is 0. The highest BCUT2D eigenvalue weighted by Gasteiger charge is 2.49. The van der Waals surface area contributed by atoms with Crippen molar-refractivity contribution in [2.24, 2.45) is 23.7 Å². The SMILES string of the molecule is C1=CC2[C@H]3C=C(c4cncnc4)C1C(c1cncnc1)=C[C@@H]23. The molecule has 0 amide bonds. The molecule has 0 aromatic carbocycles. The number of rotatable bonds is 2. The Kier molecular flexibility index (Phi) is 2.41. The number of allylic oxidation sites excluding steroid dienone is 6. The van der Waals surface area contributed by atoms with Gasteiger partial charge in [0.25, 0.3) is 0 Å². The monoisotopic (exact) mass is 286 g/mol. The molecule has 0 radical (unpaired) electrons. The van der Waals surface area contributed by atoms with Gasteiger partial charge in [-0.25, -0.2) is 19.9 Å². The average Bonchev–Trinajstić information content (AvgIpc) is 3.32. The van der Waals surface area contributed by atoms with Crippen molar-refractivity contribution in [2.45, 2.75) is 0 Å². The van der Waals surface area contributed by atoms with Crippen LogP contribution in [0.3, 0.4) is 0 Å². The van der Waals surface area contributed by atoms with Gasteiger partial charge < -0.3 is 0 Å². The van der Waals surface area contributed by atoms with Gasteiger partial charge in [0.15, 0.2) is 0 Å². The molecule has 1 saturated carbocycles. The number of aromatic nitrogens is 4. The van der Waals surface area contributed by atoms with Gasteiger partial charge in [0.05, 0.1) is 0 Å². The fraction of sp³-hybridized carbons (Fsp3) is 0.222. The molecule has 2 aromatic rings. The van der Waals surface area contributed by atoms with Crippen molar-refractivity contribution in [2.75, 3.05) is 0 Å². The van der Waals surface area contributed by atoms with Crippen LogP contribution in [0.25, 0.3) is 11.1 Å². The summed E-state index contributed by atoms with van der Waals surface area (Å²) >= 11 is 0. The summed E-state index contributed by atoms with van der Waals surface area (Å²) in [4.78, 5) is 16.8. The van der Waals surface area contributed by atoms with Crippen molar-refractivity contribution < 1.29 is 0 Å². The summed E-state index contributed by atoms with van der Waals surface area (Å²) in [6.07, 6.45) is 20.3. The van der Waals surface area contributed by atoms with Gasteiger partial charge in [-0.15, -0.1) is 0 Å². The normalized spacial score (nSPS) is 31.1. The highest BCUT2D eigenvalue weighted by atomic mass is 14.8. The zero-order valence-corrected chi connectivity index (χ0v) is 11.9. The Morgan fingerprint density at radius 3 is 1.59 bits per heavy atom. The van der Waals surface area contributed by atoms with Crippen LogP contribution in [0.5, 0.6) is 0 Å². The van der Waals surface area contributed by atoms with Crippen molar-refractivity contribution in [1.82, 2.24) is 19.9 Å². The van der Waals surface area contributed by atoms with Crippen molar-refractivity contribution >= 4 is 11.1 Å². The zero-order valence-electron chi connectivity index (χ0n) is 11.9. The van der Waals surface area contributed by atoms with Crippen LogP contribution in [-0.4, -0.2) is 19.9 Å². The van der Waals surface area contributed by atoms with E-state index in [4.69, 9.17) is 0 Å². The van der Waals surface area contributed by atoms with Gasteiger partial charge in [0.1, 0.15) is 12.7 Å². The van der Waals surface area contributed by atoms with E-state index in [0.717, 1.165) is 11.1 Å². The zero-order chi connectivity index (χ0) is 14.5. The Balaban J connectivity index is 1.68. The lowest BCUT2D eigenvalue weighted by atomic mass is 9.85. The number of hydrogen-bond donors (Lipinski definition) is 0. The Labute approximate surface area is 128 Å². The van der Waals surface area contributed by atoms with Crippen LogP contribution in [0, 0.1) is 23.7 Å². The minimum Gasteiger partial charge on any atom is -0.244 e. The summed E-state index contributed by atoms with van der Waals surface area (Å²) < 4.78 is 0. The minimum atomic E-state index is 0.233. The van der Waals surface area contributed by atoms with Crippen molar-refractivity contribution in [1.29, 1.82) is 0 Å². The van der Waals surface area contributed by atoms with Crippen LogP contribution in [0.4, 0.5) is 0 Å². The van der Waals surface area contributed by atoms with E-state index in [-0.39, 0.29) is 5.92 Å². The topological polar surface area (TPSA) is 51.6 Å². The first-order valence-electron chi connectivity index (χ1n) is 7.54. The average molecular weight is 286 g/mol. The van der Waals surface area contributed by atoms with E-state index < -0.39 is 0 Å². The van der Waals surface area contributed by atoms with Crippen LogP contribution >= 0.6 is 0 Å². The molecule has 22 heavy (non-hydrogen) atoms. The first kappa shape index (κ1) is 12.0. The highest BCUT2D eigenvalue weighted by Crippen LogP contribution is 2.58. The maximum Gasteiger partial charge on any atom is 0.115 e. The number of nitrogens with zero attached hydrogens (tertiary/aromatic N) is 4. The molecule has 1 fully saturated rings. The molecule has 2 unspecified atom stereocenters. The van der Waals surface area contributed by atoms with Gasteiger partial charge >= 0.3 is 0 Å². The largest absolute Gasteiger partial charge is 0.244 e. The molecule has 4 aliphatic rings. The molecule has 2 heterocycles. The molecule has 4 aliphatic carbocycles. The fourth-order valence-electron chi connectivity index (χ4n) is 3.77. The Hall–Kier alpha value is -2.62. The van der Waals surface area contributed by atoms with E-state index in [0.29, 0.717) is 17.8 Å². The summed E-state index contributed by atoms with van der Waals surface area (Å²) in [6.45, 7) is 0. The first-order chi connectivity index (χ1) is 10.9. The first-order valence-corrected chi connectivity index (χ1v) is 7.54. The minimum absolute atomic E-state index is 0.233. The summed E-state index contributed by atoms with van der Waals surface area (Å²) in [5, 5.41) is 0. The number of hydrogen-bond acceptors (Lipinski definition) is 4. The third kappa shape index (κ3) is 1.70. The molecule has 2 aromatic heterocycles. The van der Waals surface area contributed by atoms with Gasteiger partial charge in [0.2, 0.25) is 0 Å². The second-order valence-corrected chi connectivity index (χ2v) is 6.09. The predicted molar refractivity (Wildman–Crippen MR) is 83.1 cm³/mol. The molecular weight excluding hydrogens is 272 g/mol. The standard InChI is InChI=1S/C18H14N4/c1-2-14-17-3-15(11-5-19-9-20-6-11)13(1)16(4-18(14)17)12-7-21-10-22-8-12/h1-10,13-14,17-18H/t13?,14?,17-,18+. The molecule has 4 bridgehead atoms. The molecule has 4 atom stereocenters. The Bertz CT molecular complexity index is 744. The molecule has 0 saturated heterocycles. The molecule has 106 valence electrons. The molecular formula is C18H14N4. The van der Waals surface area contributed by atoms with E-state index in [9.17, 15) is 0 Å². The summed E-state index contributed by atoms with van der Waals surface area (Å²) in [5.41, 5.74) is 4.82. The van der Waals surface area contributed by atoms with Gasteiger partial charge in [-0.05, 0) is 28.9 Å². The molecule has 4 nitrogen and oxygen atoms in total. The lowest BCUT2D eigenvalue weighted by Gasteiger charge is -2.19. The predicted octanol–water partition coefficient (Wildman–Crippen LogP) is 2.80. The van der Waals surface area contributed by atoms with Crippen molar-refractivity contribution in [3.8, 4) is 0 Å². The van der Waals surface area contributed by atoms with Gasteiger partial charge in [-0.1, -0.05) is 24.3 Å². The van der Waals surface area contributed by atoms with Crippen LogP contribution in [0.1, 0.15) is 11.1 Å². The van der Waals surface area contributed by atoms with Crippen molar-refractivity contribution in [3.05, 3.63) is 72.9 Å². The van der Waals surface area contributed by atoms with E-state index >= 15 is 0 Å². The smallest absolute Gasteiger partial charge is 0.115 e. The van der Waals surface area contributed by atoms with Crippen LogP contribution in [-0.2, 0) is 0 Å². The fourth-order valence-corrected chi connectivity index (χ4v) is 3.77. The molecule has 0 aliphatic heterocycles. The maximum atomic E-state index is 4.19. The highest BCUT2D eigenvalue weighted by molar-refractivity contribution is 5.86. The van der Waals surface area contributed by atoms with Gasteiger partial charge in [-0.2, -0.15) is 0 Å². The van der Waals surface area contributed by atoms with Crippen LogP contribution in [0.15, 0.2) is 61.7 Å². The molecule has 4 heteroatoms. The van der Waals surface area contributed by atoms with Gasteiger partial charge in [-0.3, -0.25) is 0 Å². The molecule has 6 rings (SSSR count). The van der Waals surface area contributed by atoms with Crippen molar-refractivity contribution in [3.63, 3.8) is 0 Å². The molecule has 0 N–H and O–H groups in total. The quantitative estimate of drug-likeness (QED) is 0.797. The lowest BCUT2D eigenvalue weighted by molar-refractivity contribution is 1.00. The second-order valence-electron chi connectivity index (χ2n) is 6.09. The summed E-state index contributed by atoms with van der Waals surface area (Å²) in [5.74, 6) is 2.10.